The van der Waals surface area contributed by atoms with Gasteiger partial charge in [-0.15, -0.1) is 0 Å². The van der Waals surface area contributed by atoms with Crippen LogP contribution in [0.2, 0.25) is 0 Å². The highest BCUT2D eigenvalue weighted by Crippen LogP contribution is 2.19. The fourth-order valence-electron chi connectivity index (χ4n) is 2.57. The molecule has 1 aliphatic rings. The van der Waals surface area contributed by atoms with Crippen LogP contribution in [0.3, 0.4) is 0 Å². The van der Waals surface area contributed by atoms with E-state index >= 15 is 0 Å². The molecule has 21 heavy (non-hydrogen) atoms. The minimum atomic E-state index is 0.347. The summed E-state index contributed by atoms with van der Waals surface area (Å²) in [5.74, 6) is 0.952. The molecule has 0 radical (unpaired) electrons. The summed E-state index contributed by atoms with van der Waals surface area (Å²) in [4.78, 5) is 9.56. The predicted octanol–water partition coefficient (Wildman–Crippen LogP) is 2.04. The number of piperazine rings is 1. The van der Waals surface area contributed by atoms with Gasteiger partial charge in [0.25, 0.3) is 0 Å². The third-order valence-corrected chi connectivity index (χ3v) is 3.92. The predicted molar refractivity (Wildman–Crippen MR) is 91.0 cm³/mol. The van der Waals surface area contributed by atoms with Gasteiger partial charge in [0.1, 0.15) is 10.8 Å². The highest BCUT2D eigenvalue weighted by molar-refractivity contribution is 7.80. The molecule has 1 fully saturated rings. The van der Waals surface area contributed by atoms with Gasteiger partial charge in [0.05, 0.1) is 5.69 Å². The maximum Gasteiger partial charge on any atom is 0.129 e. The smallest absolute Gasteiger partial charge is 0.129 e. The van der Waals surface area contributed by atoms with Crippen LogP contribution in [0.5, 0.6) is 0 Å². The quantitative estimate of drug-likeness (QED) is 0.879. The summed E-state index contributed by atoms with van der Waals surface area (Å²) in [5.41, 5.74) is 7.62. The zero-order valence-corrected chi connectivity index (χ0v) is 12.6. The van der Waals surface area contributed by atoms with Gasteiger partial charge < -0.3 is 15.5 Å². The van der Waals surface area contributed by atoms with Crippen molar-refractivity contribution in [1.82, 2.24) is 4.98 Å². The molecule has 5 heteroatoms. The summed E-state index contributed by atoms with van der Waals surface area (Å²) >= 11 is 4.99. The molecular weight excluding hydrogens is 280 g/mol. The second-order valence-corrected chi connectivity index (χ2v) is 5.49. The van der Waals surface area contributed by atoms with Gasteiger partial charge in [0.15, 0.2) is 0 Å². The van der Waals surface area contributed by atoms with Crippen molar-refractivity contribution < 1.29 is 0 Å². The topological polar surface area (TPSA) is 45.4 Å². The normalized spacial score (nSPS) is 15.0. The van der Waals surface area contributed by atoms with Crippen molar-refractivity contribution in [3.05, 3.63) is 54.2 Å². The van der Waals surface area contributed by atoms with Crippen molar-refractivity contribution >= 4 is 28.7 Å². The lowest BCUT2D eigenvalue weighted by molar-refractivity contribution is 0.647. The second kappa shape index (κ2) is 6.10. The van der Waals surface area contributed by atoms with Crippen molar-refractivity contribution in [3.63, 3.8) is 0 Å². The number of thiocarbonyl (C=S) groups is 1. The van der Waals surface area contributed by atoms with E-state index in [1.165, 1.54) is 5.69 Å². The number of aromatic nitrogens is 1. The first-order chi connectivity index (χ1) is 10.2. The minimum absolute atomic E-state index is 0.347. The van der Waals surface area contributed by atoms with E-state index in [-0.39, 0.29) is 0 Å². The van der Waals surface area contributed by atoms with E-state index in [9.17, 15) is 0 Å². The third kappa shape index (κ3) is 3.13. The summed E-state index contributed by atoms with van der Waals surface area (Å²) in [6.45, 7) is 3.87. The molecule has 2 heterocycles. The minimum Gasteiger partial charge on any atom is -0.388 e. The zero-order valence-electron chi connectivity index (χ0n) is 11.8. The van der Waals surface area contributed by atoms with Crippen molar-refractivity contribution in [3.8, 4) is 0 Å². The van der Waals surface area contributed by atoms with Gasteiger partial charge in [-0.25, -0.2) is 4.98 Å². The molecular formula is C16H18N4S. The molecule has 4 nitrogen and oxygen atoms in total. The number of nitrogens with two attached hydrogens (primary N) is 1. The Morgan fingerprint density at radius 3 is 2.24 bits per heavy atom. The number of benzene rings is 1. The maximum absolute atomic E-state index is 5.65. The van der Waals surface area contributed by atoms with Crippen LogP contribution in [0.4, 0.5) is 11.5 Å². The lowest BCUT2D eigenvalue weighted by Gasteiger charge is -2.36. The first-order valence-electron chi connectivity index (χ1n) is 7.06. The number of hydrogen-bond donors (Lipinski definition) is 1. The fraction of sp³-hybridized carbons (Fsp3) is 0.250. The molecule has 108 valence electrons. The Morgan fingerprint density at radius 2 is 1.57 bits per heavy atom. The Hall–Kier alpha value is -2.14. The van der Waals surface area contributed by atoms with Gasteiger partial charge in [0.2, 0.25) is 0 Å². The Bertz CT molecular complexity index is 621. The Labute approximate surface area is 130 Å². The molecule has 1 aromatic heterocycles. The van der Waals surface area contributed by atoms with E-state index in [0.717, 1.165) is 32.0 Å². The maximum atomic E-state index is 5.65. The molecule has 0 saturated carbocycles. The molecule has 0 spiro atoms. The first kappa shape index (κ1) is 13.8. The zero-order chi connectivity index (χ0) is 14.7. The van der Waals surface area contributed by atoms with Crippen LogP contribution < -0.4 is 15.5 Å². The van der Waals surface area contributed by atoms with Gasteiger partial charge >= 0.3 is 0 Å². The number of anilines is 2. The molecule has 0 amide bonds. The van der Waals surface area contributed by atoms with Gasteiger partial charge in [-0.1, -0.05) is 36.5 Å². The molecule has 0 atom stereocenters. The fourth-order valence-corrected chi connectivity index (χ4v) is 2.68. The van der Waals surface area contributed by atoms with Crippen LogP contribution in [0, 0.1) is 0 Å². The lowest BCUT2D eigenvalue weighted by Crippen LogP contribution is -2.46. The van der Waals surface area contributed by atoms with E-state index in [0.29, 0.717) is 10.7 Å². The number of nitrogens with zero attached hydrogens (tertiary/aromatic N) is 3. The highest BCUT2D eigenvalue weighted by atomic mass is 32.1. The van der Waals surface area contributed by atoms with Crippen molar-refractivity contribution in [2.75, 3.05) is 36.0 Å². The number of rotatable bonds is 3. The molecule has 1 aliphatic heterocycles. The number of pyridine rings is 1. The summed E-state index contributed by atoms with van der Waals surface area (Å²) < 4.78 is 0. The van der Waals surface area contributed by atoms with Gasteiger partial charge in [0, 0.05) is 31.9 Å². The van der Waals surface area contributed by atoms with Gasteiger partial charge in [-0.2, -0.15) is 0 Å². The molecule has 0 unspecified atom stereocenters. The summed E-state index contributed by atoms with van der Waals surface area (Å²) in [7, 11) is 0. The average Bonchev–Trinajstić information content (AvgIpc) is 2.56. The molecule has 2 N–H and O–H groups in total. The SMILES string of the molecule is NC(=S)c1cccc(N2CCN(c3ccccc3)CC2)n1. The van der Waals surface area contributed by atoms with Crippen molar-refractivity contribution in [2.45, 2.75) is 0 Å². The van der Waals surface area contributed by atoms with E-state index in [2.05, 4.69) is 39.0 Å². The van der Waals surface area contributed by atoms with E-state index in [1.54, 1.807) is 0 Å². The van der Waals surface area contributed by atoms with Gasteiger partial charge in [-0.05, 0) is 24.3 Å². The van der Waals surface area contributed by atoms with Crippen LogP contribution in [-0.4, -0.2) is 36.2 Å². The molecule has 1 saturated heterocycles. The Morgan fingerprint density at radius 1 is 0.905 bits per heavy atom. The third-order valence-electron chi connectivity index (χ3n) is 3.71. The second-order valence-electron chi connectivity index (χ2n) is 5.05. The monoisotopic (exact) mass is 298 g/mol. The average molecular weight is 298 g/mol. The highest BCUT2D eigenvalue weighted by Gasteiger charge is 2.18. The molecule has 0 aliphatic carbocycles. The van der Waals surface area contributed by atoms with E-state index in [4.69, 9.17) is 18.0 Å². The standard InChI is InChI=1S/C16H18N4S/c17-16(21)14-7-4-8-15(18-14)20-11-9-19(10-12-20)13-5-2-1-3-6-13/h1-8H,9-12H2,(H2,17,21). The first-order valence-corrected chi connectivity index (χ1v) is 7.47. The van der Waals surface area contributed by atoms with Crippen LogP contribution in [0.25, 0.3) is 0 Å². The molecule has 0 bridgehead atoms. The van der Waals surface area contributed by atoms with Gasteiger partial charge in [-0.3, -0.25) is 0 Å². The number of hydrogen-bond acceptors (Lipinski definition) is 4. The molecule has 2 aromatic rings. The molecule has 1 aromatic carbocycles. The Balaban J connectivity index is 1.68. The summed E-state index contributed by atoms with van der Waals surface area (Å²) in [6, 6.07) is 16.3. The summed E-state index contributed by atoms with van der Waals surface area (Å²) in [6.07, 6.45) is 0. The van der Waals surface area contributed by atoms with Crippen LogP contribution in [0.15, 0.2) is 48.5 Å². The van der Waals surface area contributed by atoms with Crippen molar-refractivity contribution in [1.29, 1.82) is 0 Å². The van der Waals surface area contributed by atoms with Crippen LogP contribution in [-0.2, 0) is 0 Å². The Kier molecular flexibility index (Phi) is 4.01. The van der Waals surface area contributed by atoms with Crippen LogP contribution >= 0.6 is 12.2 Å². The van der Waals surface area contributed by atoms with Crippen molar-refractivity contribution in [2.24, 2.45) is 5.73 Å². The summed E-state index contributed by atoms with van der Waals surface area (Å²) in [5, 5.41) is 0. The van der Waals surface area contributed by atoms with E-state index in [1.807, 2.05) is 24.3 Å². The lowest BCUT2D eigenvalue weighted by atomic mass is 10.2. The van der Waals surface area contributed by atoms with E-state index < -0.39 is 0 Å². The largest absolute Gasteiger partial charge is 0.388 e. The number of para-hydroxylation sites is 1. The molecule has 3 rings (SSSR count). The van der Waals surface area contributed by atoms with Crippen LogP contribution in [0.1, 0.15) is 5.69 Å².